The molecule has 0 spiro atoms. The molecule has 1 saturated heterocycles. The summed E-state index contributed by atoms with van der Waals surface area (Å²) in [7, 11) is 1.48. The van der Waals surface area contributed by atoms with Gasteiger partial charge in [0.25, 0.3) is 11.8 Å². The molecule has 0 unspecified atom stereocenters. The maximum Gasteiger partial charge on any atom is 0.338 e. The van der Waals surface area contributed by atoms with Gasteiger partial charge in [-0.25, -0.2) is 9.69 Å². The molecule has 158 valence electrons. The smallest absolute Gasteiger partial charge is 0.338 e. The predicted molar refractivity (Wildman–Crippen MR) is 113 cm³/mol. The highest BCUT2D eigenvalue weighted by atomic mass is 16.5. The molecule has 1 aromatic carbocycles. The number of rotatable bonds is 8. The zero-order chi connectivity index (χ0) is 21.7. The average Bonchev–Trinajstić information content (AvgIpc) is 3.21. The molecule has 2 heterocycles. The number of barbiturate groups is 1. The van der Waals surface area contributed by atoms with Crippen molar-refractivity contribution in [2.24, 2.45) is 0 Å². The van der Waals surface area contributed by atoms with Crippen molar-refractivity contribution in [1.29, 1.82) is 0 Å². The Kier molecular flexibility index (Phi) is 6.68. The highest BCUT2D eigenvalue weighted by molar-refractivity contribution is 6.39. The molecule has 1 fully saturated rings. The van der Waals surface area contributed by atoms with Gasteiger partial charge in [0, 0.05) is 26.3 Å². The van der Waals surface area contributed by atoms with Crippen LogP contribution >= 0.6 is 0 Å². The highest BCUT2D eigenvalue weighted by Crippen LogP contribution is 2.27. The molecule has 2 aromatic rings. The van der Waals surface area contributed by atoms with Crippen molar-refractivity contribution in [3.8, 4) is 0 Å². The molecule has 0 saturated carbocycles. The van der Waals surface area contributed by atoms with Gasteiger partial charge in [-0.05, 0) is 38.1 Å². The number of para-hydroxylation sites is 1. The number of hydrogen-bond acceptors (Lipinski definition) is 6. The second-order valence-electron chi connectivity index (χ2n) is 6.61. The lowest BCUT2D eigenvalue weighted by Gasteiger charge is -2.33. The van der Waals surface area contributed by atoms with E-state index in [1.54, 1.807) is 42.5 Å². The molecule has 8 heteroatoms. The maximum absolute atomic E-state index is 13.1. The van der Waals surface area contributed by atoms with Crippen LogP contribution in [-0.4, -0.2) is 56.1 Å². The van der Waals surface area contributed by atoms with Crippen LogP contribution in [-0.2, 0) is 14.3 Å². The van der Waals surface area contributed by atoms with Gasteiger partial charge in [-0.1, -0.05) is 18.2 Å². The third-order valence-electron chi connectivity index (χ3n) is 4.84. The molecule has 0 radical (unpaired) electrons. The summed E-state index contributed by atoms with van der Waals surface area (Å²) in [6.45, 7) is 5.74. The lowest BCUT2D eigenvalue weighted by atomic mass is 10.1. The minimum atomic E-state index is -0.700. The number of nitrogens with zero attached hydrogens (tertiary/aromatic N) is 3. The molecule has 1 aromatic heterocycles. The van der Waals surface area contributed by atoms with Gasteiger partial charge in [0.05, 0.1) is 18.8 Å². The number of amides is 4. The molecular formula is C22H25N3O5. The molecule has 1 aliphatic rings. The Balaban J connectivity index is 2.01. The fourth-order valence-corrected chi connectivity index (χ4v) is 3.23. The number of hydrogen-bond donors (Lipinski definition) is 0. The fourth-order valence-electron chi connectivity index (χ4n) is 3.23. The number of carbonyl (C=O) groups is 3. The average molecular weight is 411 g/mol. The van der Waals surface area contributed by atoms with Crippen molar-refractivity contribution in [1.82, 2.24) is 4.90 Å². The molecular weight excluding hydrogens is 386 g/mol. The summed E-state index contributed by atoms with van der Waals surface area (Å²) in [5.41, 5.74) is 0.242. The molecule has 0 bridgehead atoms. The molecule has 30 heavy (non-hydrogen) atoms. The van der Waals surface area contributed by atoms with Crippen molar-refractivity contribution in [2.45, 2.75) is 13.8 Å². The van der Waals surface area contributed by atoms with Crippen molar-refractivity contribution in [3.05, 3.63) is 53.8 Å². The first kappa shape index (κ1) is 21.3. The number of ether oxygens (including phenoxy) is 1. The molecule has 0 N–H and O–H groups in total. The van der Waals surface area contributed by atoms with Gasteiger partial charge in [0.2, 0.25) is 0 Å². The Morgan fingerprint density at radius 3 is 2.33 bits per heavy atom. The van der Waals surface area contributed by atoms with Crippen LogP contribution in [0.1, 0.15) is 19.6 Å². The van der Waals surface area contributed by atoms with Gasteiger partial charge in [-0.15, -0.1) is 0 Å². The lowest BCUT2D eigenvalue weighted by Crippen LogP contribution is -2.57. The van der Waals surface area contributed by atoms with E-state index in [0.29, 0.717) is 17.3 Å². The largest absolute Gasteiger partial charge is 0.441 e. The van der Waals surface area contributed by atoms with Gasteiger partial charge in [-0.3, -0.25) is 14.5 Å². The summed E-state index contributed by atoms with van der Waals surface area (Å²) in [6, 6.07) is 11.3. The van der Waals surface area contributed by atoms with Crippen LogP contribution in [0.15, 0.2) is 52.5 Å². The van der Waals surface area contributed by atoms with Crippen LogP contribution in [0.5, 0.6) is 0 Å². The Labute approximate surface area is 175 Å². The van der Waals surface area contributed by atoms with Gasteiger partial charge >= 0.3 is 6.03 Å². The van der Waals surface area contributed by atoms with Crippen LogP contribution < -0.4 is 9.80 Å². The first-order chi connectivity index (χ1) is 14.5. The van der Waals surface area contributed by atoms with Crippen molar-refractivity contribution in [3.63, 3.8) is 0 Å². The predicted octanol–water partition coefficient (Wildman–Crippen LogP) is 3.15. The highest BCUT2D eigenvalue weighted by Gasteiger charge is 2.42. The second-order valence-corrected chi connectivity index (χ2v) is 6.61. The van der Waals surface area contributed by atoms with E-state index < -0.39 is 17.8 Å². The van der Waals surface area contributed by atoms with Crippen molar-refractivity contribution in [2.75, 3.05) is 43.2 Å². The number of methoxy groups -OCH3 is 1. The Bertz CT molecular complexity index is 947. The quantitative estimate of drug-likeness (QED) is 0.490. The lowest BCUT2D eigenvalue weighted by molar-refractivity contribution is -0.129. The molecule has 1 aliphatic heterocycles. The van der Waals surface area contributed by atoms with E-state index in [2.05, 4.69) is 0 Å². The zero-order valence-corrected chi connectivity index (χ0v) is 17.3. The van der Waals surface area contributed by atoms with E-state index in [0.717, 1.165) is 22.9 Å². The molecule has 3 rings (SSSR count). The minimum Gasteiger partial charge on any atom is -0.441 e. The van der Waals surface area contributed by atoms with E-state index in [1.807, 2.05) is 18.7 Å². The summed E-state index contributed by atoms with van der Waals surface area (Å²) in [5, 5.41) is 0. The third-order valence-corrected chi connectivity index (χ3v) is 4.84. The zero-order valence-electron chi connectivity index (χ0n) is 17.3. The SMILES string of the molecule is CCN(CC)c1ccc(/C=C2/C(=O)N(CCOC)C(=O)N(c3ccccc3)C2=O)o1. The van der Waals surface area contributed by atoms with E-state index in [1.165, 1.54) is 13.2 Å². The molecule has 0 aliphatic carbocycles. The van der Waals surface area contributed by atoms with Gasteiger partial charge in [-0.2, -0.15) is 0 Å². The fraction of sp³-hybridized carbons (Fsp3) is 0.318. The normalized spacial score (nSPS) is 16.0. The first-order valence-corrected chi connectivity index (χ1v) is 9.82. The second kappa shape index (κ2) is 9.41. The number of urea groups is 1. The molecule has 0 atom stereocenters. The van der Waals surface area contributed by atoms with E-state index in [-0.39, 0.29) is 18.7 Å². The van der Waals surface area contributed by atoms with Crippen molar-refractivity contribution >= 4 is 35.5 Å². The molecule has 4 amide bonds. The summed E-state index contributed by atoms with van der Waals surface area (Å²) in [5.74, 6) is -0.349. The van der Waals surface area contributed by atoms with Gasteiger partial charge in [0.1, 0.15) is 11.3 Å². The Morgan fingerprint density at radius 2 is 1.70 bits per heavy atom. The van der Waals surface area contributed by atoms with Gasteiger partial charge in [0.15, 0.2) is 5.88 Å². The number of carbonyl (C=O) groups excluding carboxylic acids is 3. The van der Waals surface area contributed by atoms with Crippen LogP contribution in [0.4, 0.5) is 16.4 Å². The van der Waals surface area contributed by atoms with Crippen LogP contribution in [0.3, 0.4) is 0 Å². The number of anilines is 2. The topological polar surface area (TPSA) is 83.3 Å². The molecule has 8 nitrogen and oxygen atoms in total. The van der Waals surface area contributed by atoms with Crippen molar-refractivity contribution < 1.29 is 23.5 Å². The first-order valence-electron chi connectivity index (χ1n) is 9.82. The van der Waals surface area contributed by atoms with Crippen LogP contribution in [0.2, 0.25) is 0 Å². The minimum absolute atomic E-state index is 0.0327. The van der Waals surface area contributed by atoms with Gasteiger partial charge < -0.3 is 14.1 Å². The number of benzene rings is 1. The summed E-state index contributed by atoms with van der Waals surface area (Å²) >= 11 is 0. The van der Waals surface area contributed by atoms with E-state index in [4.69, 9.17) is 9.15 Å². The Morgan fingerprint density at radius 1 is 1.00 bits per heavy atom. The summed E-state index contributed by atoms with van der Waals surface area (Å²) in [6.07, 6.45) is 1.39. The van der Waals surface area contributed by atoms with Crippen LogP contribution in [0.25, 0.3) is 6.08 Å². The Hall–Kier alpha value is -3.39. The monoisotopic (exact) mass is 411 g/mol. The summed E-state index contributed by atoms with van der Waals surface area (Å²) in [4.78, 5) is 43.0. The van der Waals surface area contributed by atoms with E-state index in [9.17, 15) is 14.4 Å². The van der Waals surface area contributed by atoms with E-state index >= 15 is 0 Å². The summed E-state index contributed by atoms with van der Waals surface area (Å²) < 4.78 is 10.8. The third kappa shape index (κ3) is 4.13. The van der Waals surface area contributed by atoms with Crippen LogP contribution in [0, 0.1) is 0 Å². The number of imide groups is 2. The number of furan rings is 1. The maximum atomic E-state index is 13.1. The standard InChI is InChI=1S/C22H25N3O5/c1-4-23(5-2)19-12-11-17(30-19)15-18-20(26)24(13-14-29-3)22(28)25(21(18)27)16-9-7-6-8-10-16/h6-12,15H,4-5,13-14H2,1-3H3/b18-15-.